The lowest BCUT2D eigenvalue weighted by molar-refractivity contribution is 0.0939. The second-order valence-corrected chi connectivity index (χ2v) is 9.33. The first-order valence-corrected chi connectivity index (χ1v) is 11.7. The molecule has 8 nitrogen and oxygen atoms in total. The average molecular weight is 462 g/mol. The molecule has 8 heteroatoms. The van der Waals surface area contributed by atoms with Crippen molar-refractivity contribution in [1.82, 2.24) is 24.1 Å². The third-order valence-electron chi connectivity index (χ3n) is 6.16. The monoisotopic (exact) mass is 461 g/mol. The summed E-state index contributed by atoms with van der Waals surface area (Å²) in [6.07, 6.45) is 0.800. The lowest BCUT2D eigenvalue weighted by atomic mass is 10.1. The zero-order valence-corrected chi connectivity index (χ0v) is 20.3. The van der Waals surface area contributed by atoms with Gasteiger partial charge in [-0.25, -0.2) is 13.9 Å². The molecule has 1 N–H and O–H groups in total. The summed E-state index contributed by atoms with van der Waals surface area (Å²) in [5.41, 5.74) is 2.24. The van der Waals surface area contributed by atoms with Crippen molar-refractivity contribution in [3.8, 4) is 0 Å². The SMILES string of the molecule is CCC(C)NC(=O)c1ccc2c(=O)n(CC(C)C)c3nn(Cc4ccccc4C)c(=O)n3c2c1. The standard InChI is InChI=1S/C26H31N5O3/c1-6-18(5)27-23(32)19-11-12-21-22(13-19)31-25(29(24(21)33)14-16(2)3)28-30(26(31)34)15-20-10-8-7-9-17(20)4/h7-13,16,18H,6,14-15H2,1-5H3,(H,27,32). The number of aromatic nitrogens is 4. The smallest absolute Gasteiger partial charge is 0.350 e. The molecule has 1 atom stereocenters. The number of hydrogen-bond donors (Lipinski definition) is 1. The summed E-state index contributed by atoms with van der Waals surface area (Å²) in [6, 6.07) is 12.7. The zero-order valence-electron chi connectivity index (χ0n) is 20.3. The van der Waals surface area contributed by atoms with Crippen molar-refractivity contribution in [2.45, 2.75) is 60.2 Å². The third kappa shape index (κ3) is 4.27. The lowest BCUT2D eigenvalue weighted by Gasteiger charge is -2.14. The van der Waals surface area contributed by atoms with Crippen molar-refractivity contribution in [2.75, 3.05) is 0 Å². The fraction of sp³-hybridized carbons (Fsp3) is 0.385. The van der Waals surface area contributed by atoms with E-state index in [0.717, 1.165) is 17.5 Å². The van der Waals surface area contributed by atoms with Crippen LogP contribution in [0.25, 0.3) is 16.7 Å². The number of fused-ring (bicyclic) bond motifs is 3. The van der Waals surface area contributed by atoms with Crippen LogP contribution in [0.3, 0.4) is 0 Å². The van der Waals surface area contributed by atoms with E-state index in [1.54, 1.807) is 22.8 Å². The van der Waals surface area contributed by atoms with Gasteiger partial charge >= 0.3 is 5.69 Å². The summed E-state index contributed by atoms with van der Waals surface area (Å²) in [4.78, 5) is 39.7. The summed E-state index contributed by atoms with van der Waals surface area (Å²) in [5, 5.41) is 7.90. The fourth-order valence-corrected chi connectivity index (χ4v) is 4.05. The van der Waals surface area contributed by atoms with Gasteiger partial charge in [-0.3, -0.25) is 14.2 Å². The van der Waals surface area contributed by atoms with Crippen LogP contribution < -0.4 is 16.6 Å². The number of nitrogens with one attached hydrogen (secondary N) is 1. The van der Waals surface area contributed by atoms with Crippen LogP contribution in [0.5, 0.6) is 0 Å². The Labute approximate surface area is 197 Å². The Hall–Kier alpha value is -3.68. The van der Waals surface area contributed by atoms with Crippen LogP contribution in [0.4, 0.5) is 0 Å². The highest BCUT2D eigenvalue weighted by atomic mass is 16.2. The maximum absolute atomic E-state index is 13.6. The number of carbonyl (C=O) groups is 1. The van der Waals surface area contributed by atoms with E-state index in [0.29, 0.717) is 29.6 Å². The summed E-state index contributed by atoms with van der Waals surface area (Å²) >= 11 is 0. The predicted molar refractivity (Wildman–Crippen MR) is 134 cm³/mol. The highest BCUT2D eigenvalue weighted by Crippen LogP contribution is 2.16. The molecular formula is C26H31N5O3. The second kappa shape index (κ2) is 9.29. The first kappa shape index (κ1) is 23.5. The Bertz CT molecular complexity index is 1490. The summed E-state index contributed by atoms with van der Waals surface area (Å²) in [5.74, 6) is 0.219. The molecule has 4 aromatic rings. The van der Waals surface area contributed by atoms with Gasteiger partial charge in [0.15, 0.2) is 0 Å². The number of aryl methyl sites for hydroxylation is 1. The molecule has 2 aromatic carbocycles. The lowest BCUT2D eigenvalue weighted by Crippen LogP contribution is -2.32. The van der Waals surface area contributed by atoms with Gasteiger partial charge in [0.2, 0.25) is 5.78 Å². The van der Waals surface area contributed by atoms with Crippen LogP contribution >= 0.6 is 0 Å². The van der Waals surface area contributed by atoms with Gasteiger partial charge < -0.3 is 5.32 Å². The zero-order chi connectivity index (χ0) is 24.6. The molecule has 0 bridgehead atoms. The number of nitrogens with zero attached hydrogens (tertiary/aromatic N) is 4. The number of hydrogen-bond acceptors (Lipinski definition) is 4. The molecule has 2 aromatic heterocycles. The van der Waals surface area contributed by atoms with E-state index in [4.69, 9.17) is 0 Å². The third-order valence-corrected chi connectivity index (χ3v) is 6.16. The number of carbonyl (C=O) groups excluding carboxylic acids is 1. The maximum atomic E-state index is 13.6. The van der Waals surface area contributed by atoms with E-state index in [1.165, 1.54) is 9.08 Å². The van der Waals surface area contributed by atoms with Gasteiger partial charge in [0, 0.05) is 18.2 Å². The van der Waals surface area contributed by atoms with E-state index in [2.05, 4.69) is 10.4 Å². The Kier molecular flexibility index (Phi) is 6.41. The van der Waals surface area contributed by atoms with Crippen molar-refractivity contribution < 1.29 is 4.79 Å². The molecule has 0 spiro atoms. The minimum Gasteiger partial charge on any atom is -0.350 e. The highest BCUT2D eigenvalue weighted by Gasteiger charge is 2.20. The Morgan fingerprint density at radius 1 is 1.09 bits per heavy atom. The van der Waals surface area contributed by atoms with Gasteiger partial charge in [0.05, 0.1) is 17.4 Å². The number of rotatable bonds is 7. The molecule has 1 amide bonds. The molecule has 0 saturated carbocycles. The van der Waals surface area contributed by atoms with Crippen molar-refractivity contribution in [3.05, 3.63) is 80.0 Å². The highest BCUT2D eigenvalue weighted by molar-refractivity contribution is 5.98. The largest absolute Gasteiger partial charge is 0.352 e. The van der Waals surface area contributed by atoms with Gasteiger partial charge in [-0.2, -0.15) is 0 Å². The van der Waals surface area contributed by atoms with Crippen LogP contribution in [-0.2, 0) is 13.1 Å². The molecule has 4 rings (SSSR count). The van der Waals surface area contributed by atoms with Crippen molar-refractivity contribution in [3.63, 3.8) is 0 Å². The molecule has 0 fully saturated rings. The number of benzene rings is 2. The Morgan fingerprint density at radius 3 is 2.50 bits per heavy atom. The first-order valence-electron chi connectivity index (χ1n) is 11.7. The summed E-state index contributed by atoms with van der Waals surface area (Å²) in [7, 11) is 0. The minimum absolute atomic E-state index is 0.0156. The number of amides is 1. The van der Waals surface area contributed by atoms with Crippen molar-refractivity contribution in [1.29, 1.82) is 0 Å². The quantitative estimate of drug-likeness (QED) is 0.457. The van der Waals surface area contributed by atoms with Crippen LogP contribution in [0.1, 0.15) is 55.6 Å². The van der Waals surface area contributed by atoms with Crippen LogP contribution in [0.15, 0.2) is 52.1 Å². The molecule has 0 radical (unpaired) electrons. The molecule has 178 valence electrons. The van der Waals surface area contributed by atoms with Gasteiger partial charge in [-0.1, -0.05) is 45.0 Å². The normalized spacial score (nSPS) is 12.5. The van der Waals surface area contributed by atoms with Gasteiger partial charge in [0.1, 0.15) is 0 Å². The fourth-order valence-electron chi connectivity index (χ4n) is 4.05. The average Bonchev–Trinajstić information content (AvgIpc) is 3.13. The molecule has 2 heterocycles. The van der Waals surface area contributed by atoms with Crippen LogP contribution in [0, 0.1) is 12.8 Å². The van der Waals surface area contributed by atoms with E-state index in [-0.39, 0.29) is 34.9 Å². The topological polar surface area (TPSA) is 90.4 Å². The molecule has 0 aliphatic heterocycles. The second-order valence-electron chi connectivity index (χ2n) is 9.33. The van der Waals surface area contributed by atoms with E-state index in [1.807, 2.05) is 58.9 Å². The van der Waals surface area contributed by atoms with E-state index in [9.17, 15) is 14.4 Å². The molecule has 1 unspecified atom stereocenters. The first-order chi connectivity index (χ1) is 16.2. The van der Waals surface area contributed by atoms with Crippen LogP contribution in [-0.4, -0.2) is 30.7 Å². The van der Waals surface area contributed by atoms with Gasteiger partial charge in [-0.15, -0.1) is 5.10 Å². The molecule has 0 aliphatic rings. The molecule has 0 aliphatic carbocycles. The van der Waals surface area contributed by atoms with Crippen molar-refractivity contribution >= 4 is 22.6 Å². The van der Waals surface area contributed by atoms with E-state index >= 15 is 0 Å². The molecular weight excluding hydrogens is 430 g/mol. The summed E-state index contributed by atoms with van der Waals surface area (Å²) in [6.45, 7) is 10.7. The maximum Gasteiger partial charge on any atom is 0.352 e. The molecule has 0 saturated heterocycles. The van der Waals surface area contributed by atoms with Gasteiger partial charge in [0.25, 0.3) is 11.5 Å². The predicted octanol–water partition coefficient (Wildman–Crippen LogP) is 3.35. The van der Waals surface area contributed by atoms with Crippen LogP contribution in [0.2, 0.25) is 0 Å². The Morgan fingerprint density at radius 2 is 1.82 bits per heavy atom. The van der Waals surface area contributed by atoms with E-state index < -0.39 is 0 Å². The summed E-state index contributed by atoms with van der Waals surface area (Å²) < 4.78 is 4.40. The molecule has 34 heavy (non-hydrogen) atoms. The minimum atomic E-state index is -0.347. The van der Waals surface area contributed by atoms with Crippen molar-refractivity contribution in [2.24, 2.45) is 5.92 Å². The Balaban J connectivity index is 1.97. The van der Waals surface area contributed by atoms with Gasteiger partial charge in [-0.05, 0) is 55.5 Å².